The minimum Gasteiger partial charge on any atom is -0.361 e. The lowest BCUT2D eigenvalue weighted by molar-refractivity contribution is 0.382. The van der Waals surface area contributed by atoms with Crippen LogP contribution in [0.2, 0.25) is 0 Å². The van der Waals surface area contributed by atoms with Gasteiger partial charge in [0.05, 0.1) is 17.5 Å². The average molecular weight is 362 g/mol. The molecule has 0 aliphatic rings. The Balaban J connectivity index is 1.86. The van der Waals surface area contributed by atoms with Gasteiger partial charge in [-0.05, 0) is 39.0 Å². The van der Waals surface area contributed by atoms with Crippen LogP contribution in [0, 0.1) is 0 Å². The Bertz CT molecular complexity index is 956. The Morgan fingerprint density at radius 1 is 1.16 bits per heavy atom. The number of rotatable bonds is 5. The summed E-state index contributed by atoms with van der Waals surface area (Å²) < 4.78 is 37.7. The molecule has 3 aromatic rings. The number of sulfonamides is 1. The molecule has 9 heteroatoms. The van der Waals surface area contributed by atoms with Gasteiger partial charge < -0.3 is 9.05 Å². The van der Waals surface area contributed by atoms with E-state index in [4.69, 9.17) is 9.05 Å². The molecule has 8 nitrogen and oxygen atoms in total. The van der Waals surface area contributed by atoms with Gasteiger partial charge in [-0.3, -0.25) is 0 Å². The molecule has 0 atom stereocenters. The first-order valence-corrected chi connectivity index (χ1v) is 9.08. The minimum absolute atomic E-state index is 0.134. The summed E-state index contributed by atoms with van der Waals surface area (Å²) in [4.78, 5) is 4.41. The van der Waals surface area contributed by atoms with Crippen molar-refractivity contribution >= 4 is 10.0 Å². The fraction of sp³-hybridized carbons (Fsp3) is 0.312. The number of benzene rings is 1. The predicted octanol–water partition coefficient (Wildman–Crippen LogP) is 2.39. The van der Waals surface area contributed by atoms with Crippen molar-refractivity contribution in [3.05, 3.63) is 48.1 Å². The fourth-order valence-corrected chi connectivity index (χ4v) is 3.65. The van der Waals surface area contributed by atoms with Gasteiger partial charge in [0.15, 0.2) is 5.82 Å². The van der Waals surface area contributed by atoms with Crippen LogP contribution in [0.1, 0.15) is 32.4 Å². The van der Waals surface area contributed by atoms with Crippen molar-refractivity contribution < 1.29 is 17.5 Å². The van der Waals surface area contributed by atoms with Gasteiger partial charge >= 0.3 is 0 Å². The fourth-order valence-electron chi connectivity index (χ4n) is 2.19. The van der Waals surface area contributed by atoms with Crippen LogP contribution in [0.4, 0.5) is 0 Å². The van der Waals surface area contributed by atoms with E-state index < -0.39 is 15.6 Å². The quantitative estimate of drug-likeness (QED) is 0.741. The molecular weight excluding hydrogens is 344 g/mol. The van der Waals surface area contributed by atoms with Crippen LogP contribution in [0.25, 0.3) is 11.5 Å². The van der Waals surface area contributed by atoms with Crippen molar-refractivity contribution in [3.8, 4) is 11.5 Å². The summed E-state index contributed by atoms with van der Waals surface area (Å²) in [5.74, 6) is 1.27. The van der Waals surface area contributed by atoms with Gasteiger partial charge in [0.1, 0.15) is 5.76 Å². The lowest BCUT2D eigenvalue weighted by Gasteiger charge is -2.20. The maximum Gasteiger partial charge on any atom is 0.257 e. The van der Waals surface area contributed by atoms with Crippen LogP contribution < -0.4 is 4.72 Å². The number of nitrogens with one attached hydrogen (secondary N) is 1. The normalized spacial score (nSPS) is 12.4. The lowest BCUT2D eigenvalue weighted by atomic mass is 10.1. The van der Waals surface area contributed by atoms with Gasteiger partial charge in [0.2, 0.25) is 10.0 Å². The van der Waals surface area contributed by atoms with E-state index in [1.807, 2.05) is 0 Å². The summed E-state index contributed by atoms with van der Waals surface area (Å²) in [5, 5.41) is 7.50. The molecule has 3 rings (SSSR count). The van der Waals surface area contributed by atoms with Crippen molar-refractivity contribution in [1.29, 1.82) is 0 Å². The third-order valence-electron chi connectivity index (χ3n) is 3.12. The molecule has 0 radical (unpaired) electrons. The molecule has 0 saturated carbocycles. The lowest BCUT2D eigenvalue weighted by Crippen LogP contribution is -2.40. The Morgan fingerprint density at radius 2 is 1.96 bits per heavy atom. The average Bonchev–Trinajstić information content (AvgIpc) is 3.17. The van der Waals surface area contributed by atoms with Gasteiger partial charge in [-0.25, -0.2) is 13.1 Å². The monoisotopic (exact) mass is 362 g/mol. The maximum absolute atomic E-state index is 12.5. The van der Waals surface area contributed by atoms with Crippen molar-refractivity contribution in [2.75, 3.05) is 0 Å². The maximum atomic E-state index is 12.5. The van der Waals surface area contributed by atoms with E-state index in [2.05, 4.69) is 20.0 Å². The highest BCUT2D eigenvalue weighted by Crippen LogP contribution is 2.22. The third-order valence-corrected chi connectivity index (χ3v) is 4.88. The van der Waals surface area contributed by atoms with Gasteiger partial charge in [-0.1, -0.05) is 16.4 Å². The topological polar surface area (TPSA) is 111 Å². The molecule has 1 aromatic carbocycles. The molecule has 0 aliphatic carbocycles. The molecule has 2 heterocycles. The Morgan fingerprint density at radius 3 is 2.64 bits per heavy atom. The van der Waals surface area contributed by atoms with Gasteiger partial charge in [-0.2, -0.15) is 4.98 Å². The van der Waals surface area contributed by atoms with Crippen molar-refractivity contribution in [2.24, 2.45) is 0 Å². The highest BCUT2D eigenvalue weighted by molar-refractivity contribution is 7.89. The molecule has 0 fully saturated rings. The highest BCUT2D eigenvalue weighted by atomic mass is 32.2. The van der Waals surface area contributed by atoms with E-state index in [1.54, 1.807) is 39.0 Å². The zero-order valence-electron chi connectivity index (χ0n) is 14.1. The predicted molar refractivity (Wildman–Crippen MR) is 89.1 cm³/mol. The van der Waals surface area contributed by atoms with Crippen LogP contribution in [0.3, 0.4) is 0 Å². The summed E-state index contributed by atoms with van der Waals surface area (Å²) in [7, 11) is -3.65. The molecular formula is C16H18N4O4S. The molecule has 132 valence electrons. The molecule has 0 spiro atoms. The first kappa shape index (κ1) is 17.3. The van der Waals surface area contributed by atoms with Gasteiger partial charge in [0, 0.05) is 17.2 Å². The van der Waals surface area contributed by atoms with Crippen LogP contribution in [-0.2, 0) is 16.4 Å². The minimum atomic E-state index is -3.65. The largest absolute Gasteiger partial charge is 0.361 e. The summed E-state index contributed by atoms with van der Waals surface area (Å²) in [5.41, 5.74) is -0.0584. The van der Waals surface area contributed by atoms with E-state index in [-0.39, 0.29) is 10.8 Å². The number of aromatic nitrogens is 3. The summed E-state index contributed by atoms with van der Waals surface area (Å²) >= 11 is 0. The third kappa shape index (κ3) is 4.31. The number of nitrogens with zero attached hydrogens (tertiary/aromatic N) is 3. The zero-order chi connectivity index (χ0) is 18.1. The zero-order valence-corrected chi connectivity index (χ0v) is 14.9. The van der Waals surface area contributed by atoms with Gasteiger partial charge in [0.25, 0.3) is 5.89 Å². The molecule has 2 aromatic heterocycles. The summed E-state index contributed by atoms with van der Waals surface area (Å²) in [6.45, 7) is 5.34. The Kier molecular flexibility index (Phi) is 4.44. The summed E-state index contributed by atoms with van der Waals surface area (Å²) in [6, 6.07) is 8.07. The van der Waals surface area contributed by atoms with Crippen molar-refractivity contribution in [2.45, 2.75) is 37.6 Å². The van der Waals surface area contributed by atoms with Crippen LogP contribution in [-0.4, -0.2) is 29.3 Å². The molecule has 1 N–H and O–H groups in total. The highest BCUT2D eigenvalue weighted by Gasteiger charge is 2.23. The molecule has 25 heavy (non-hydrogen) atoms. The second-order valence-corrected chi connectivity index (χ2v) is 8.24. The van der Waals surface area contributed by atoms with Crippen LogP contribution >= 0.6 is 0 Å². The molecule has 0 unspecified atom stereocenters. The molecule has 0 bridgehead atoms. The van der Waals surface area contributed by atoms with E-state index in [0.717, 1.165) is 0 Å². The number of hydrogen-bond donors (Lipinski definition) is 1. The Hall–Kier alpha value is -2.52. The van der Waals surface area contributed by atoms with E-state index in [0.29, 0.717) is 23.6 Å². The molecule has 0 amide bonds. The number of hydrogen-bond acceptors (Lipinski definition) is 7. The Labute approximate surface area is 145 Å². The van der Waals surface area contributed by atoms with Crippen molar-refractivity contribution in [1.82, 2.24) is 20.0 Å². The second kappa shape index (κ2) is 6.41. The van der Waals surface area contributed by atoms with E-state index in [1.165, 1.54) is 18.3 Å². The molecule has 0 saturated heterocycles. The first-order chi connectivity index (χ1) is 11.7. The van der Waals surface area contributed by atoms with Crippen LogP contribution in [0.5, 0.6) is 0 Å². The van der Waals surface area contributed by atoms with Gasteiger partial charge in [-0.15, -0.1) is 0 Å². The second-order valence-electron chi connectivity index (χ2n) is 6.55. The van der Waals surface area contributed by atoms with E-state index in [9.17, 15) is 8.42 Å². The van der Waals surface area contributed by atoms with Crippen LogP contribution in [0.15, 0.2) is 50.5 Å². The standard InChI is InChI=1S/C16H18N4O4S/c1-16(2,3)20-25(21,22)13-6-4-5-11(9-13)15-18-14(19-24-15)10-12-7-8-17-23-12/h4-9,20H,10H2,1-3H3. The SMILES string of the molecule is CC(C)(C)NS(=O)(=O)c1cccc(-c2nc(Cc3ccno3)no2)c1. The molecule has 0 aliphatic heterocycles. The first-order valence-electron chi connectivity index (χ1n) is 7.59. The smallest absolute Gasteiger partial charge is 0.257 e. The summed E-state index contributed by atoms with van der Waals surface area (Å²) in [6.07, 6.45) is 1.87. The van der Waals surface area contributed by atoms with Crippen molar-refractivity contribution in [3.63, 3.8) is 0 Å². The van der Waals surface area contributed by atoms with E-state index >= 15 is 0 Å².